The molecule has 0 fully saturated rings. The maximum Gasteiger partial charge on any atom is 0.255 e. The van der Waals surface area contributed by atoms with Gasteiger partial charge in [-0.15, -0.1) is 0 Å². The summed E-state index contributed by atoms with van der Waals surface area (Å²) >= 11 is 0. The van der Waals surface area contributed by atoms with E-state index in [0.717, 1.165) is 12.0 Å². The molecule has 0 saturated heterocycles. The number of rotatable bonds is 5. The van der Waals surface area contributed by atoms with Crippen LogP contribution in [-0.4, -0.2) is 26.1 Å². The Labute approximate surface area is 190 Å². The molecule has 1 aliphatic rings. The van der Waals surface area contributed by atoms with Crippen LogP contribution in [0.1, 0.15) is 24.9 Å². The van der Waals surface area contributed by atoms with E-state index in [1.54, 1.807) is 35.0 Å². The van der Waals surface area contributed by atoms with E-state index in [4.69, 9.17) is 0 Å². The van der Waals surface area contributed by atoms with Crippen molar-refractivity contribution in [2.75, 3.05) is 16.8 Å². The highest BCUT2D eigenvalue weighted by Crippen LogP contribution is 2.29. The molecule has 0 aliphatic carbocycles. The summed E-state index contributed by atoms with van der Waals surface area (Å²) in [7, 11) is 0. The lowest BCUT2D eigenvalue weighted by Gasteiger charge is -2.30. The van der Waals surface area contributed by atoms with Crippen LogP contribution in [0.5, 0.6) is 0 Å². The Morgan fingerprint density at radius 2 is 1.79 bits per heavy atom. The van der Waals surface area contributed by atoms with Gasteiger partial charge in [-0.1, -0.05) is 42.5 Å². The fourth-order valence-corrected chi connectivity index (χ4v) is 4.01. The first-order chi connectivity index (χ1) is 16.1. The summed E-state index contributed by atoms with van der Waals surface area (Å²) < 4.78 is 16.0. The van der Waals surface area contributed by atoms with Gasteiger partial charge in [-0.3, -0.25) is 14.3 Å². The standard InChI is InChI=1S/C25H23FN6O/c1-17(18-8-3-2-4-9-18)28-24-27-13-12-22(30-24)31-14-7-15-32-23(33)16-21(29-25(31)32)19-10-5-6-11-20(19)26/h2-6,8-13,16-17H,7,14-15H2,1H3,(H,27,28,30). The maximum atomic E-state index is 14.4. The zero-order valence-electron chi connectivity index (χ0n) is 18.1. The molecule has 1 aliphatic heterocycles. The summed E-state index contributed by atoms with van der Waals surface area (Å²) in [6, 6.07) is 19.6. The van der Waals surface area contributed by atoms with Crippen LogP contribution in [0.3, 0.4) is 0 Å². The van der Waals surface area contributed by atoms with Crippen molar-refractivity contribution in [3.63, 3.8) is 0 Å². The van der Waals surface area contributed by atoms with E-state index >= 15 is 0 Å². The van der Waals surface area contributed by atoms with Crippen LogP contribution in [0, 0.1) is 5.82 Å². The molecule has 166 valence electrons. The Kier molecular flexibility index (Phi) is 5.56. The van der Waals surface area contributed by atoms with Crippen molar-refractivity contribution in [2.24, 2.45) is 0 Å². The second kappa shape index (κ2) is 8.82. The van der Waals surface area contributed by atoms with Crippen LogP contribution >= 0.6 is 0 Å². The lowest BCUT2D eigenvalue weighted by molar-refractivity contribution is 0.561. The molecule has 4 aromatic rings. The summed E-state index contributed by atoms with van der Waals surface area (Å²) in [5.74, 6) is 1.14. The molecule has 0 bridgehead atoms. The fraction of sp³-hybridized carbons (Fsp3) is 0.200. The Bertz CT molecular complexity index is 1340. The third-order valence-corrected chi connectivity index (χ3v) is 5.71. The number of hydrogen-bond donors (Lipinski definition) is 1. The average molecular weight is 442 g/mol. The summed E-state index contributed by atoms with van der Waals surface area (Å²) in [5, 5.41) is 3.33. The average Bonchev–Trinajstić information content (AvgIpc) is 2.84. The van der Waals surface area contributed by atoms with Crippen molar-refractivity contribution in [3.8, 4) is 11.3 Å². The van der Waals surface area contributed by atoms with Crippen molar-refractivity contribution >= 4 is 17.7 Å². The van der Waals surface area contributed by atoms with Gasteiger partial charge in [0.2, 0.25) is 11.9 Å². The van der Waals surface area contributed by atoms with Crippen LogP contribution in [0.2, 0.25) is 0 Å². The highest BCUT2D eigenvalue weighted by Gasteiger charge is 2.24. The van der Waals surface area contributed by atoms with Gasteiger partial charge in [-0.2, -0.15) is 4.98 Å². The molecule has 2 aromatic heterocycles. The predicted octanol–water partition coefficient (Wildman–Crippen LogP) is 4.55. The van der Waals surface area contributed by atoms with Gasteiger partial charge in [0.1, 0.15) is 11.6 Å². The van der Waals surface area contributed by atoms with E-state index < -0.39 is 5.82 Å². The van der Waals surface area contributed by atoms with E-state index in [-0.39, 0.29) is 11.6 Å². The Morgan fingerprint density at radius 1 is 1.00 bits per heavy atom. The number of nitrogens with one attached hydrogen (secondary N) is 1. The first kappa shape index (κ1) is 20.8. The van der Waals surface area contributed by atoms with Crippen LogP contribution in [-0.2, 0) is 6.54 Å². The zero-order chi connectivity index (χ0) is 22.8. The fourth-order valence-electron chi connectivity index (χ4n) is 4.01. The smallest absolute Gasteiger partial charge is 0.255 e. The predicted molar refractivity (Wildman–Crippen MR) is 126 cm³/mol. The van der Waals surface area contributed by atoms with Gasteiger partial charge >= 0.3 is 0 Å². The summed E-state index contributed by atoms with van der Waals surface area (Å²) in [5.41, 5.74) is 1.51. The topological polar surface area (TPSA) is 75.9 Å². The summed E-state index contributed by atoms with van der Waals surface area (Å²) in [6.45, 7) is 3.23. The normalized spacial score (nSPS) is 13.9. The number of anilines is 3. The molecule has 1 atom stereocenters. The molecule has 2 aromatic carbocycles. The van der Waals surface area contributed by atoms with E-state index in [0.29, 0.717) is 42.1 Å². The van der Waals surface area contributed by atoms with Gasteiger partial charge in [-0.25, -0.2) is 14.4 Å². The molecule has 0 saturated carbocycles. The van der Waals surface area contributed by atoms with Gasteiger partial charge in [0.05, 0.1) is 11.7 Å². The van der Waals surface area contributed by atoms with Crippen molar-refractivity contribution < 1.29 is 4.39 Å². The molecular formula is C25H23FN6O. The van der Waals surface area contributed by atoms with E-state index in [1.165, 1.54) is 12.1 Å². The number of aromatic nitrogens is 4. The van der Waals surface area contributed by atoms with Crippen LogP contribution in [0.15, 0.2) is 77.7 Å². The zero-order valence-corrected chi connectivity index (χ0v) is 18.1. The first-order valence-electron chi connectivity index (χ1n) is 10.9. The number of nitrogens with zero attached hydrogens (tertiary/aromatic N) is 5. The largest absolute Gasteiger partial charge is 0.348 e. The Balaban J connectivity index is 1.50. The van der Waals surface area contributed by atoms with E-state index in [9.17, 15) is 9.18 Å². The van der Waals surface area contributed by atoms with Gasteiger partial charge < -0.3 is 5.32 Å². The third-order valence-electron chi connectivity index (χ3n) is 5.71. The van der Waals surface area contributed by atoms with E-state index in [1.807, 2.05) is 42.2 Å². The van der Waals surface area contributed by atoms with Gasteiger partial charge in [0, 0.05) is 30.9 Å². The molecule has 7 nitrogen and oxygen atoms in total. The van der Waals surface area contributed by atoms with Crippen LogP contribution < -0.4 is 15.8 Å². The Morgan fingerprint density at radius 3 is 2.61 bits per heavy atom. The maximum absolute atomic E-state index is 14.4. The molecule has 3 heterocycles. The lowest BCUT2D eigenvalue weighted by Crippen LogP contribution is -2.36. The number of fused-ring (bicyclic) bond motifs is 1. The molecule has 1 N–H and O–H groups in total. The van der Waals surface area contributed by atoms with Gasteiger partial charge in [-0.05, 0) is 37.1 Å². The minimum atomic E-state index is -0.417. The molecule has 8 heteroatoms. The highest BCUT2D eigenvalue weighted by atomic mass is 19.1. The molecule has 0 radical (unpaired) electrons. The second-order valence-corrected chi connectivity index (χ2v) is 7.93. The molecule has 5 rings (SSSR count). The van der Waals surface area contributed by atoms with Crippen LogP contribution in [0.25, 0.3) is 11.3 Å². The van der Waals surface area contributed by atoms with E-state index in [2.05, 4.69) is 20.3 Å². The van der Waals surface area contributed by atoms with Crippen molar-refractivity contribution in [2.45, 2.75) is 25.9 Å². The van der Waals surface area contributed by atoms with Crippen LogP contribution in [0.4, 0.5) is 22.1 Å². The monoisotopic (exact) mass is 442 g/mol. The summed E-state index contributed by atoms with van der Waals surface area (Å²) in [4.78, 5) is 28.4. The van der Waals surface area contributed by atoms with Crippen molar-refractivity contribution in [1.29, 1.82) is 0 Å². The first-order valence-corrected chi connectivity index (χ1v) is 10.9. The number of benzene rings is 2. The van der Waals surface area contributed by atoms with Crippen molar-refractivity contribution in [3.05, 3.63) is 94.7 Å². The molecule has 0 spiro atoms. The van der Waals surface area contributed by atoms with Gasteiger partial charge in [0.25, 0.3) is 5.56 Å². The molecular weight excluding hydrogens is 419 g/mol. The third kappa shape index (κ3) is 4.19. The minimum Gasteiger partial charge on any atom is -0.348 e. The molecule has 1 unspecified atom stereocenters. The van der Waals surface area contributed by atoms with Gasteiger partial charge in [0.15, 0.2) is 0 Å². The number of hydrogen-bond acceptors (Lipinski definition) is 6. The van der Waals surface area contributed by atoms with Crippen molar-refractivity contribution in [1.82, 2.24) is 19.5 Å². The SMILES string of the molecule is CC(Nc1nccc(N2CCCn3c2nc(-c2ccccc2F)cc3=O)n1)c1ccccc1. The Hall–Kier alpha value is -4.07. The number of halogens is 1. The highest BCUT2D eigenvalue weighted by molar-refractivity contribution is 5.63. The minimum absolute atomic E-state index is 0.0171. The molecule has 33 heavy (non-hydrogen) atoms. The quantitative estimate of drug-likeness (QED) is 0.489. The molecule has 0 amide bonds. The lowest BCUT2D eigenvalue weighted by atomic mass is 10.1. The second-order valence-electron chi connectivity index (χ2n) is 7.93. The summed E-state index contributed by atoms with van der Waals surface area (Å²) in [6.07, 6.45) is 2.45.